The minimum atomic E-state index is -0.728. The van der Waals surface area contributed by atoms with Crippen molar-refractivity contribution in [1.82, 2.24) is 9.97 Å². The van der Waals surface area contributed by atoms with Gasteiger partial charge in [-0.2, -0.15) is 0 Å². The summed E-state index contributed by atoms with van der Waals surface area (Å²) in [5.41, 5.74) is 5.93. The predicted octanol–water partition coefficient (Wildman–Crippen LogP) is 4.22. The standard InChI is InChI=1S/C21H18ClFN4O3/c1-11(12(2)28)25-19-10-17(20(24)29)26-21(27-19)13-3-6-15(7-4-13)30-18-9-14(22)5-8-16(18)23/h3-11H,1-2H3,(H2,24,29)(H,25,26,27)/t11-/m0/s1. The Morgan fingerprint density at radius 3 is 2.47 bits per heavy atom. The van der Waals surface area contributed by atoms with E-state index in [9.17, 15) is 14.0 Å². The smallest absolute Gasteiger partial charge is 0.267 e. The highest BCUT2D eigenvalue weighted by atomic mass is 35.5. The van der Waals surface area contributed by atoms with Crippen molar-refractivity contribution < 1.29 is 18.7 Å². The molecule has 0 aliphatic carbocycles. The van der Waals surface area contributed by atoms with Crippen LogP contribution in [0, 0.1) is 5.82 Å². The number of ketones is 1. The quantitative estimate of drug-likeness (QED) is 0.583. The van der Waals surface area contributed by atoms with Crippen LogP contribution < -0.4 is 15.8 Å². The Morgan fingerprint density at radius 2 is 1.83 bits per heavy atom. The zero-order valence-corrected chi connectivity index (χ0v) is 16.9. The van der Waals surface area contributed by atoms with Crippen LogP contribution in [0.4, 0.5) is 10.2 Å². The van der Waals surface area contributed by atoms with Crippen molar-refractivity contribution in [2.24, 2.45) is 5.73 Å². The number of carbonyl (C=O) groups is 2. The maximum atomic E-state index is 13.8. The van der Waals surface area contributed by atoms with Gasteiger partial charge < -0.3 is 15.8 Å². The largest absolute Gasteiger partial charge is 0.454 e. The first-order chi connectivity index (χ1) is 14.2. The second-order valence-electron chi connectivity index (χ2n) is 6.50. The fraction of sp³-hybridized carbons (Fsp3) is 0.143. The minimum absolute atomic E-state index is 0.000392. The molecule has 1 aromatic heterocycles. The minimum Gasteiger partial charge on any atom is -0.454 e. The third kappa shape index (κ3) is 5.09. The number of Topliss-reactive ketones (excluding diaryl/α,β-unsaturated/α-hetero) is 1. The van der Waals surface area contributed by atoms with Crippen LogP contribution in [0.25, 0.3) is 11.4 Å². The van der Waals surface area contributed by atoms with Crippen LogP contribution in [0.3, 0.4) is 0 Å². The number of anilines is 1. The Bertz CT molecular complexity index is 1110. The summed E-state index contributed by atoms with van der Waals surface area (Å²) in [5.74, 6) is -0.486. The topological polar surface area (TPSA) is 107 Å². The molecule has 0 fully saturated rings. The molecule has 2 aromatic carbocycles. The Balaban J connectivity index is 1.89. The zero-order chi connectivity index (χ0) is 21.8. The van der Waals surface area contributed by atoms with Crippen LogP contribution in [-0.4, -0.2) is 27.7 Å². The summed E-state index contributed by atoms with van der Waals surface area (Å²) in [4.78, 5) is 31.7. The molecule has 0 bridgehead atoms. The number of halogens is 2. The summed E-state index contributed by atoms with van der Waals surface area (Å²) in [5, 5.41) is 3.26. The van der Waals surface area contributed by atoms with Gasteiger partial charge in [0, 0.05) is 22.7 Å². The maximum absolute atomic E-state index is 13.8. The van der Waals surface area contributed by atoms with Gasteiger partial charge in [0.1, 0.15) is 17.3 Å². The van der Waals surface area contributed by atoms with Crippen molar-refractivity contribution in [2.45, 2.75) is 19.9 Å². The number of nitrogens with one attached hydrogen (secondary N) is 1. The molecule has 3 aromatic rings. The highest BCUT2D eigenvalue weighted by molar-refractivity contribution is 6.30. The monoisotopic (exact) mass is 428 g/mol. The van der Waals surface area contributed by atoms with Gasteiger partial charge in [-0.05, 0) is 50.2 Å². The van der Waals surface area contributed by atoms with Crippen LogP contribution in [-0.2, 0) is 4.79 Å². The molecule has 3 N–H and O–H groups in total. The molecule has 0 saturated carbocycles. The van der Waals surface area contributed by atoms with Gasteiger partial charge in [0.05, 0.1) is 6.04 Å². The molecule has 154 valence electrons. The first-order valence-electron chi connectivity index (χ1n) is 8.92. The maximum Gasteiger partial charge on any atom is 0.267 e. The van der Waals surface area contributed by atoms with Gasteiger partial charge in [0.25, 0.3) is 5.91 Å². The SMILES string of the molecule is CC(=O)[C@H](C)Nc1cc(C(N)=O)nc(-c2ccc(Oc3cc(Cl)ccc3F)cc2)n1. The molecule has 0 unspecified atom stereocenters. The van der Waals surface area contributed by atoms with Crippen molar-refractivity contribution in [3.8, 4) is 22.9 Å². The summed E-state index contributed by atoms with van der Waals surface area (Å²) >= 11 is 5.87. The van der Waals surface area contributed by atoms with E-state index in [1.54, 1.807) is 31.2 Å². The van der Waals surface area contributed by atoms with Crippen LogP contribution in [0.2, 0.25) is 5.02 Å². The van der Waals surface area contributed by atoms with Crippen LogP contribution in [0.15, 0.2) is 48.5 Å². The van der Waals surface area contributed by atoms with Crippen molar-refractivity contribution in [3.63, 3.8) is 0 Å². The average Bonchev–Trinajstić information content (AvgIpc) is 2.71. The summed E-state index contributed by atoms with van der Waals surface area (Å²) in [6, 6.07) is 11.4. The number of ether oxygens (including phenoxy) is 1. The summed E-state index contributed by atoms with van der Waals surface area (Å²) < 4.78 is 19.4. The van der Waals surface area contributed by atoms with Gasteiger partial charge in [-0.1, -0.05) is 11.6 Å². The van der Waals surface area contributed by atoms with E-state index in [4.69, 9.17) is 22.1 Å². The Morgan fingerprint density at radius 1 is 1.13 bits per heavy atom. The third-order valence-corrected chi connectivity index (χ3v) is 4.42. The van der Waals surface area contributed by atoms with E-state index in [2.05, 4.69) is 15.3 Å². The summed E-state index contributed by atoms with van der Waals surface area (Å²) in [6.45, 7) is 3.12. The number of nitrogens with two attached hydrogens (primary N) is 1. The molecule has 0 spiro atoms. The van der Waals surface area contributed by atoms with E-state index in [0.29, 0.717) is 16.3 Å². The molecule has 3 rings (SSSR count). The van der Waals surface area contributed by atoms with Crippen molar-refractivity contribution in [2.75, 3.05) is 5.32 Å². The van der Waals surface area contributed by atoms with Gasteiger partial charge in [-0.25, -0.2) is 14.4 Å². The van der Waals surface area contributed by atoms with E-state index in [1.807, 2.05) is 0 Å². The number of carbonyl (C=O) groups excluding carboxylic acids is 2. The third-order valence-electron chi connectivity index (χ3n) is 4.19. The number of amides is 1. The second kappa shape index (κ2) is 8.87. The molecule has 1 atom stereocenters. The predicted molar refractivity (Wildman–Crippen MR) is 111 cm³/mol. The van der Waals surface area contributed by atoms with Gasteiger partial charge >= 0.3 is 0 Å². The molecule has 0 radical (unpaired) electrons. The average molecular weight is 429 g/mol. The number of aromatic nitrogens is 2. The second-order valence-corrected chi connectivity index (χ2v) is 6.94. The lowest BCUT2D eigenvalue weighted by molar-refractivity contribution is -0.117. The molecule has 0 aliphatic heterocycles. The first kappa shape index (κ1) is 21.2. The van der Waals surface area contributed by atoms with Crippen LogP contribution >= 0.6 is 11.6 Å². The Hall–Kier alpha value is -3.52. The Kier molecular flexibility index (Phi) is 6.27. The van der Waals surface area contributed by atoms with Gasteiger partial charge in [-0.3, -0.25) is 9.59 Å². The molecule has 0 saturated heterocycles. The lowest BCUT2D eigenvalue weighted by atomic mass is 10.2. The van der Waals surface area contributed by atoms with E-state index in [1.165, 1.54) is 31.2 Å². The molecule has 7 nitrogen and oxygen atoms in total. The van der Waals surface area contributed by atoms with Gasteiger partial charge in [0.15, 0.2) is 23.2 Å². The fourth-order valence-electron chi connectivity index (χ4n) is 2.45. The molecule has 9 heteroatoms. The molecule has 1 heterocycles. The summed E-state index contributed by atoms with van der Waals surface area (Å²) in [6.07, 6.45) is 0. The lowest BCUT2D eigenvalue weighted by Crippen LogP contribution is -2.25. The van der Waals surface area contributed by atoms with E-state index >= 15 is 0 Å². The zero-order valence-electron chi connectivity index (χ0n) is 16.1. The number of nitrogens with zero attached hydrogens (tertiary/aromatic N) is 2. The van der Waals surface area contributed by atoms with E-state index < -0.39 is 17.8 Å². The molecular formula is C21H18ClFN4O3. The Labute approximate surface area is 177 Å². The van der Waals surface area contributed by atoms with Crippen molar-refractivity contribution >= 4 is 29.1 Å². The number of rotatable bonds is 7. The highest BCUT2D eigenvalue weighted by Crippen LogP contribution is 2.29. The summed E-state index contributed by atoms with van der Waals surface area (Å²) in [7, 11) is 0. The van der Waals surface area contributed by atoms with Crippen LogP contribution in [0.1, 0.15) is 24.3 Å². The highest BCUT2D eigenvalue weighted by Gasteiger charge is 2.14. The molecule has 30 heavy (non-hydrogen) atoms. The van der Waals surface area contributed by atoms with Crippen molar-refractivity contribution in [3.05, 3.63) is 65.1 Å². The lowest BCUT2D eigenvalue weighted by Gasteiger charge is -2.13. The number of primary amides is 1. The number of benzene rings is 2. The number of hydrogen-bond acceptors (Lipinski definition) is 6. The van der Waals surface area contributed by atoms with E-state index in [-0.39, 0.29) is 28.9 Å². The fourth-order valence-corrected chi connectivity index (χ4v) is 2.62. The van der Waals surface area contributed by atoms with Gasteiger partial charge in [-0.15, -0.1) is 0 Å². The molecular weight excluding hydrogens is 411 g/mol. The van der Waals surface area contributed by atoms with E-state index in [0.717, 1.165) is 0 Å². The first-order valence-corrected chi connectivity index (χ1v) is 9.30. The van der Waals surface area contributed by atoms with Crippen molar-refractivity contribution in [1.29, 1.82) is 0 Å². The molecule has 0 aliphatic rings. The normalized spacial score (nSPS) is 11.6. The van der Waals surface area contributed by atoms with Gasteiger partial charge in [0.2, 0.25) is 0 Å². The van der Waals surface area contributed by atoms with Crippen LogP contribution in [0.5, 0.6) is 11.5 Å². The number of hydrogen-bond donors (Lipinski definition) is 2. The molecule has 1 amide bonds.